The van der Waals surface area contributed by atoms with Gasteiger partial charge in [0, 0.05) is 0 Å². The van der Waals surface area contributed by atoms with E-state index in [-0.39, 0.29) is 0 Å². The molecule has 1 rings (SSSR count). The summed E-state index contributed by atoms with van der Waals surface area (Å²) in [5.74, 6) is 0. The van der Waals surface area contributed by atoms with Crippen molar-refractivity contribution < 1.29 is 0 Å². The molecular formula is C16H24. The third-order valence-electron chi connectivity index (χ3n) is 2.95. The summed E-state index contributed by atoms with van der Waals surface area (Å²) in [5, 5.41) is 0. The highest BCUT2D eigenvalue weighted by Crippen LogP contribution is 2.26. The number of hydrogen-bond donors (Lipinski definition) is 0. The Hall–Kier alpha value is -1.04. The first-order valence-electron chi connectivity index (χ1n) is 6.38. The average molecular weight is 216 g/mol. The normalized spacial score (nSPS) is 12.2. The Kier molecular flexibility index (Phi) is 5.31. The minimum Gasteiger partial charge on any atom is -0.0783 e. The maximum atomic E-state index is 2.35. The first-order chi connectivity index (χ1) is 7.64. The Morgan fingerprint density at radius 3 is 2.38 bits per heavy atom. The van der Waals surface area contributed by atoms with E-state index in [0.717, 1.165) is 0 Å². The molecule has 0 aliphatic carbocycles. The summed E-state index contributed by atoms with van der Waals surface area (Å²) in [6, 6.07) is 10.5. The summed E-state index contributed by atoms with van der Waals surface area (Å²) in [4.78, 5) is 0. The third-order valence-corrected chi connectivity index (χ3v) is 2.95. The monoisotopic (exact) mass is 216 g/mol. The first-order valence-corrected chi connectivity index (χ1v) is 6.38. The standard InChI is InChI=1S/C16H24/c1-4-5-9-13-16(2,3)14-12-15-10-7-6-8-11-15/h6-8,10-12,14H,4-5,9,13H2,1-3H3. The van der Waals surface area contributed by atoms with Crippen LogP contribution in [0, 0.1) is 5.41 Å². The van der Waals surface area contributed by atoms with Gasteiger partial charge in [0.05, 0.1) is 0 Å². The molecule has 0 bridgehead atoms. The van der Waals surface area contributed by atoms with Crippen molar-refractivity contribution in [3.8, 4) is 0 Å². The van der Waals surface area contributed by atoms with E-state index in [9.17, 15) is 0 Å². The molecule has 0 N–H and O–H groups in total. The SMILES string of the molecule is CCCCCC(C)(C)C=Cc1ccccc1. The molecule has 0 saturated heterocycles. The van der Waals surface area contributed by atoms with E-state index in [2.05, 4.69) is 63.3 Å². The zero-order valence-corrected chi connectivity index (χ0v) is 10.9. The molecule has 0 unspecified atom stereocenters. The largest absolute Gasteiger partial charge is 0.0783 e. The minimum absolute atomic E-state index is 0.324. The van der Waals surface area contributed by atoms with Gasteiger partial charge in [-0.25, -0.2) is 0 Å². The van der Waals surface area contributed by atoms with Crippen molar-refractivity contribution in [3.63, 3.8) is 0 Å². The highest BCUT2D eigenvalue weighted by Gasteiger charge is 2.12. The van der Waals surface area contributed by atoms with Crippen LogP contribution in [0.1, 0.15) is 52.0 Å². The van der Waals surface area contributed by atoms with E-state index in [1.807, 2.05) is 0 Å². The summed E-state index contributed by atoms with van der Waals surface area (Å²) in [7, 11) is 0. The fourth-order valence-electron chi connectivity index (χ4n) is 1.80. The average Bonchev–Trinajstić information content (AvgIpc) is 2.28. The van der Waals surface area contributed by atoms with Gasteiger partial charge in [0.15, 0.2) is 0 Å². The van der Waals surface area contributed by atoms with E-state index >= 15 is 0 Å². The van der Waals surface area contributed by atoms with E-state index in [1.165, 1.54) is 31.2 Å². The van der Waals surface area contributed by atoms with Gasteiger partial charge in [-0.05, 0) is 17.4 Å². The zero-order valence-electron chi connectivity index (χ0n) is 10.9. The number of hydrogen-bond acceptors (Lipinski definition) is 0. The second-order valence-corrected chi connectivity index (χ2v) is 5.19. The zero-order chi connectivity index (χ0) is 11.9. The topological polar surface area (TPSA) is 0 Å². The van der Waals surface area contributed by atoms with Gasteiger partial charge in [-0.3, -0.25) is 0 Å². The lowest BCUT2D eigenvalue weighted by Gasteiger charge is -2.19. The van der Waals surface area contributed by atoms with Gasteiger partial charge in [-0.1, -0.05) is 82.5 Å². The summed E-state index contributed by atoms with van der Waals surface area (Å²) < 4.78 is 0. The Balaban J connectivity index is 2.48. The van der Waals surface area contributed by atoms with Crippen LogP contribution >= 0.6 is 0 Å². The Morgan fingerprint density at radius 2 is 1.75 bits per heavy atom. The van der Waals surface area contributed by atoms with Gasteiger partial charge in [0.25, 0.3) is 0 Å². The molecule has 0 fully saturated rings. The van der Waals surface area contributed by atoms with Crippen LogP contribution in [0.4, 0.5) is 0 Å². The van der Waals surface area contributed by atoms with E-state index < -0.39 is 0 Å². The van der Waals surface area contributed by atoms with Gasteiger partial charge >= 0.3 is 0 Å². The number of rotatable bonds is 6. The highest BCUT2D eigenvalue weighted by molar-refractivity contribution is 5.49. The fraction of sp³-hybridized carbons (Fsp3) is 0.500. The van der Waals surface area contributed by atoms with E-state index in [4.69, 9.17) is 0 Å². The lowest BCUT2D eigenvalue weighted by molar-refractivity contribution is 0.415. The minimum atomic E-state index is 0.324. The van der Waals surface area contributed by atoms with Gasteiger partial charge in [0.1, 0.15) is 0 Å². The van der Waals surface area contributed by atoms with Crippen LogP contribution in [0.25, 0.3) is 6.08 Å². The van der Waals surface area contributed by atoms with Crippen LogP contribution in [0.5, 0.6) is 0 Å². The molecule has 0 aliphatic rings. The molecular weight excluding hydrogens is 192 g/mol. The Morgan fingerprint density at radius 1 is 1.06 bits per heavy atom. The molecule has 0 aliphatic heterocycles. The number of benzene rings is 1. The van der Waals surface area contributed by atoms with Crippen molar-refractivity contribution in [1.29, 1.82) is 0 Å². The van der Waals surface area contributed by atoms with Gasteiger partial charge in [-0.2, -0.15) is 0 Å². The molecule has 0 radical (unpaired) electrons. The molecule has 0 aromatic heterocycles. The molecule has 88 valence electrons. The van der Waals surface area contributed by atoms with Crippen molar-refractivity contribution >= 4 is 6.08 Å². The molecule has 0 nitrogen and oxygen atoms in total. The molecule has 0 heteroatoms. The predicted molar refractivity (Wildman–Crippen MR) is 73.4 cm³/mol. The fourth-order valence-corrected chi connectivity index (χ4v) is 1.80. The molecule has 1 aromatic carbocycles. The quantitative estimate of drug-likeness (QED) is 0.565. The van der Waals surface area contributed by atoms with E-state index in [0.29, 0.717) is 5.41 Å². The molecule has 0 spiro atoms. The van der Waals surface area contributed by atoms with Gasteiger partial charge in [-0.15, -0.1) is 0 Å². The molecule has 0 heterocycles. The van der Waals surface area contributed by atoms with Crippen LogP contribution in [0.15, 0.2) is 36.4 Å². The van der Waals surface area contributed by atoms with Crippen LogP contribution in [0.3, 0.4) is 0 Å². The highest BCUT2D eigenvalue weighted by atomic mass is 14.2. The molecule has 1 aromatic rings. The van der Waals surface area contributed by atoms with Crippen LogP contribution < -0.4 is 0 Å². The summed E-state index contributed by atoms with van der Waals surface area (Å²) in [6.45, 7) is 6.90. The maximum absolute atomic E-state index is 2.35. The van der Waals surface area contributed by atoms with Crippen LogP contribution in [-0.2, 0) is 0 Å². The Bertz CT molecular complexity index is 306. The van der Waals surface area contributed by atoms with Crippen molar-refractivity contribution in [2.75, 3.05) is 0 Å². The van der Waals surface area contributed by atoms with E-state index in [1.54, 1.807) is 0 Å². The summed E-state index contributed by atoms with van der Waals surface area (Å²) in [5.41, 5.74) is 1.62. The van der Waals surface area contributed by atoms with Crippen molar-refractivity contribution in [2.24, 2.45) is 5.41 Å². The smallest absolute Gasteiger partial charge is 0.0172 e. The maximum Gasteiger partial charge on any atom is -0.0172 e. The van der Waals surface area contributed by atoms with Crippen LogP contribution in [-0.4, -0.2) is 0 Å². The summed E-state index contributed by atoms with van der Waals surface area (Å²) in [6.07, 6.45) is 9.86. The number of allylic oxidation sites excluding steroid dienone is 1. The lowest BCUT2D eigenvalue weighted by atomic mass is 9.86. The third kappa shape index (κ3) is 5.16. The van der Waals surface area contributed by atoms with Gasteiger partial charge in [0.2, 0.25) is 0 Å². The molecule has 0 atom stereocenters. The number of unbranched alkanes of at least 4 members (excludes halogenated alkanes) is 2. The Labute approximate surface area is 100 Å². The predicted octanol–water partition coefficient (Wildman–Crippen LogP) is 5.31. The molecule has 16 heavy (non-hydrogen) atoms. The lowest BCUT2D eigenvalue weighted by Crippen LogP contribution is -2.06. The van der Waals surface area contributed by atoms with Crippen molar-refractivity contribution in [3.05, 3.63) is 42.0 Å². The molecule has 0 saturated carbocycles. The summed E-state index contributed by atoms with van der Waals surface area (Å²) >= 11 is 0. The van der Waals surface area contributed by atoms with Gasteiger partial charge < -0.3 is 0 Å². The van der Waals surface area contributed by atoms with Crippen LogP contribution in [0.2, 0.25) is 0 Å². The molecule has 0 amide bonds. The second kappa shape index (κ2) is 6.52. The second-order valence-electron chi connectivity index (χ2n) is 5.19. The first kappa shape index (κ1) is 13.0. The van der Waals surface area contributed by atoms with Crippen molar-refractivity contribution in [1.82, 2.24) is 0 Å². The van der Waals surface area contributed by atoms with Crippen molar-refractivity contribution in [2.45, 2.75) is 46.5 Å².